The number of hydrogen-bond acceptors (Lipinski definition) is 1. The van der Waals surface area contributed by atoms with E-state index in [1.54, 1.807) is 0 Å². The van der Waals surface area contributed by atoms with Gasteiger partial charge in [-0.05, 0) is 153 Å². The van der Waals surface area contributed by atoms with E-state index in [4.69, 9.17) is 0 Å². The summed E-state index contributed by atoms with van der Waals surface area (Å²) in [4.78, 5) is 2.53. The second kappa shape index (κ2) is 18.1. The molecule has 2 nitrogen and oxygen atoms in total. The summed E-state index contributed by atoms with van der Waals surface area (Å²) in [5.41, 5.74) is 22.1. The van der Waals surface area contributed by atoms with Crippen LogP contribution in [0.5, 0.6) is 0 Å². The van der Waals surface area contributed by atoms with Gasteiger partial charge in [0.25, 0.3) is 0 Å². The average molecular weight is 949 g/mol. The highest BCUT2D eigenvalue weighted by Gasteiger charge is 2.40. The van der Waals surface area contributed by atoms with Crippen molar-refractivity contribution in [1.82, 2.24) is 4.57 Å². The first-order valence-corrected chi connectivity index (χ1v) is 26.6. The minimum Gasteiger partial charge on any atom is -0.309 e. The van der Waals surface area contributed by atoms with Crippen molar-refractivity contribution in [1.29, 1.82) is 0 Å². The molecule has 2 heteroatoms. The number of rotatable bonds is 9. The molecule has 1 atom stereocenters. The molecule has 0 saturated heterocycles. The predicted octanol–water partition coefficient (Wildman–Crippen LogP) is 19.8. The van der Waals surface area contributed by atoms with E-state index in [1.165, 1.54) is 131 Å². The Hall–Kier alpha value is -8.72. The van der Waals surface area contributed by atoms with Crippen molar-refractivity contribution in [2.75, 3.05) is 4.90 Å². The van der Waals surface area contributed by atoms with Gasteiger partial charge in [0.15, 0.2) is 0 Å². The molecule has 1 aromatic heterocycles. The van der Waals surface area contributed by atoms with Crippen molar-refractivity contribution >= 4 is 49.6 Å². The smallest absolute Gasteiger partial charge is 0.0541 e. The lowest BCUT2D eigenvalue weighted by molar-refractivity contribution is 0.445. The first kappa shape index (κ1) is 44.0. The molecule has 1 heterocycles. The van der Waals surface area contributed by atoms with Gasteiger partial charge < -0.3 is 9.47 Å². The number of nitrogens with zero attached hydrogens (tertiary/aromatic N) is 2. The van der Waals surface area contributed by atoms with Crippen LogP contribution in [0.2, 0.25) is 0 Å². The third-order valence-electron chi connectivity index (χ3n) is 16.7. The molecule has 14 rings (SSSR count). The summed E-state index contributed by atoms with van der Waals surface area (Å²) in [6.07, 6.45) is 6.42. The molecular formula is C72H56N2. The molecule has 0 radical (unpaired) electrons. The third-order valence-corrected chi connectivity index (χ3v) is 16.7. The number of hydrogen-bond donors (Lipinski definition) is 0. The van der Waals surface area contributed by atoms with Gasteiger partial charge in [-0.3, -0.25) is 0 Å². The Balaban J connectivity index is 0.949. The zero-order valence-electron chi connectivity index (χ0n) is 41.8. The van der Waals surface area contributed by atoms with Crippen LogP contribution in [-0.2, 0) is 5.41 Å². The summed E-state index contributed by atoms with van der Waals surface area (Å²) in [5.74, 6) is 0.562. The maximum Gasteiger partial charge on any atom is 0.0541 e. The van der Waals surface area contributed by atoms with Gasteiger partial charge in [0.1, 0.15) is 0 Å². The molecule has 354 valence electrons. The second-order valence-electron chi connectivity index (χ2n) is 20.7. The molecule has 1 saturated carbocycles. The van der Waals surface area contributed by atoms with Gasteiger partial charge in [-0.2, -0.15) is 0 Å². The SMILES string of the molecule is CC1(c2ccccc2)c2ccccc2-c2ccc(-c3ccc(N(c4ccccc4-c4ccc5c(c4)c4ccccc4n5-c4ccccc4)c4ccccc4-c4cccc5cccc(C6CCCCC6)c45)cc3)cc21. The molecule has 2 aliphatic carbocycles. The Morgan fingerprint density at radius 1 is 0.405 bits per heavy atom. The highest BCUT2D eigenvalue weighted by atomic mass is 15.1. The van der Waals surface area contributed by atoms with E-state index >= 15 is 0 Å². The molecule has 0 bridgehead atoms. The van der Waals surface area contributed by atoms with Gasteiger partial charge in [0.2, 0.25) is 0 Å². The number of benzene rings is 11. The fourth-order valence-electron chi connectivity index (χ4n) is 13.1. The van der Waals surface area contributed by atoms with Crippen molar-refractivity contribution in [3.8, 4) is 50.2 Å². The summed E-state index contributed by atoms with van der Waals surface area (Å²) in [7, 11) is 0. The van der Waals surface area contributed by atoms with Crippen LogP contribution in [0.15, 0.2) is 255 Å². The molecule has 0 spiro atoms. The lowest BCUT2D eigenvalue weighted by atomic mass is 9.74. The van der Waals surface area contributed by atoms with Gasteiger partial charge >= 0.3 is 0 Å². The number of para-hydroxylation sites is 4. The van der Waals surface area contributed by atoms with E-state index in [9.17, 15) is 0 Å². The monoisotopic (exact) mass is 948 g/mol. The summed E-state index contributed by atoms with van der Waals surface area (Å²) in [6.45, 7) is 2.40. The first-order valence-electron chi connectivity index (χ1n) is 26.6. The Labute approximate surface area is 434 Å². The van der Waals surface area contributed by atoms with Gasteiger partial charge in [-0.15, -0.1) is 0 Å². The summed E-state index contributed by atoms with van der Waals surface area (Å²) in [6, 6.07) is 95.2. The standard InChI is InChI=1S/C72H56N2/c1-72(54-25-7-3-8-26-54)65-35-15-11-30-59(65)60-45-41-52(48-66(60)72)49-39-43-56(44-40-49)74(68-37-17-13-31-61(68)63-34-20-24-51-23-19-33-58(71(51)63)50-21-5-2-6-22-50)67-36-16-12-29-57(67)53-42-46-70-64(47-53)62-32-14-18-38-69(62)73(70)55-27-9-4-10-28-55/h3-4,7-20,23-48,50H,2,5-6,21-22H2,1H3. The summed E-state index contributed by atoms with van der Waals surface area (Å²) >= 11 is 0. The fraction of sp³-hybridized carbons (Fsp3) is 0.111. The largest absolute Gasteiger partial charge is 0.309 e. The maximum atomic E-state index is 2.53. The van der Waals surface area contributed by atoms with Crippen LogP contribution in [0.4, 0.5) is 17.1 Å². The summed E-state index contributed by atoms with van der Waals surface area (Å²) < 4.78 is 2.40. The first-order chi connectivity index (χ1) is 36.6. The number of fused-ring (bicyclic) bond motifs is 7. The molecule has 74 heavy (non-hydrogen) atoms. The Morgan fingerprint density at radius 3 is 1.80 bits per heavy atom. The number of aromatic nitrogens is 1. The molecule has 12 aromatic rings. The molecule has 0 amide bonds. The molecular weight excluding hydrogens is 893 g/mol. The van der Waals surface area contributed by atoms with Crippen molar-refractivity contribution in [3.05, 3.63) is 277 Å². The predicted molar refractivity (Wildman–Crippen MR) is 313 cm³/mol. The Bertz CT molecular complexity index is 4060. The zero-order chi connectivity index (χ0) is 49.2. The number of anilines is 3. The van der Waals surface area contributed by atoms with Crippen molar-refractivity contribution in [2.45, 2.75) is 50.4 Å². The molecule has 2 aliphatic rings. The Morgan fingerprint density at radius 2 is 1.00 bits per heavy atom. The normalized spacial score (nSPS) is 15.4. The van der Waals surface area contributed by atoms with Crippen molar-refractivity contribution < 1.29 is 0 Å². The lowest BCUT2D eigenvalue weighted by Gasteiger charge is -2.31. The Kier molecular flexibility index (Phi) is 10.8. The van der Waals surface area contributed by atoms with E-state index in [1.807, 2.05) is 0 Å². The minimum atomic E-state index is -0.273. The van der Waals surface area contributed by atoms with E-state index in [0.29, 0.717) is 5.92 Å². The van der Waals surface area contributed by atoms with Crippen LogP contribution in [0.3, 0.4) is 0 Å². The second-order valence-corrected chi connectivity index (χ2v) is 20.7. The van der Waals surface area contributed by atoms with Gasteiger partial charge in [0, 0.05) is 38.7 Å². The third kappa shape index (κ3) is 7.15. The average Bonchev–Trinajstić information content (AvgIpc) is 3.97. The van der Waals surface area contributed by atoms with Crippen molar-refractivity contribution in [3.63, 3.8) is 0 Å². The summed E-state index contributed by atoms with van der Waals surface area (Å²) in [5, 5.41) is 5.17. The van der Waals surface area contributed by atoms with Crippen LogP contribution in [0.1, 0.15) is 67.2 Å². The maximum absolute atomic E-state index is 2.53. The van der Waals surface area contributed by atoms with Crippen LogP contribution >= 0.6 is 0 Å². The zero-order valence-corrected chi connectivity index (χ0v) is 41.8. The quantitative estimate of drug-likeness (QED) is 0.140. The molecule has 1 fully saturated rings. The van der Waals surface area contributed by atoms with Gasteiger partial charge in [-0.25, -0.2) is 0 Å². The van der Waals surface area contributed by atoms with Crippen molar-refractivity contribution in [2.24, 2.45) is 0 Å². The molecule has 0 aliphatic heterocycles. The van der Waals surface area contributed by atoms with E-state index in [-0.39, 0.29) is 5.41 Å². The van der Waals surface area contributed by atoms with Crippen LogP contribution in [0.25, 0.3) is 82.8 Å². The minimum absolute atomic E-state index is 0.273. The van der Waals surface area contributed by atoms with Crippen LogP contribution in [0, 0.1) is 0 Å². The molecule has 1 unspecified atom stereocenters. The topological polar surface area (TPSA) is 8.17 Å². The van der Waals surface area contributed by atoms with Gasteiger partial charge in [-0.1, -0.05) is 213 Å². The van der Waals surface area contributed by atoms with Gasteiger partial charge in [0.05, 0.1) is 22.4 Å². The molecule has 0 N–H and O–H groups in total. The lowest BCUT2D eigenvalue weighted by Crippen LogP contribution is -2.22. The fourth-order valence-corrected chi connectivity index (χ4v) is 13.1. The van der Waals surface area contributed by atoms with Crippen LogP contribution < -0.4 is 4.90 Å². The molecule has 11 aromatic carbocycles. The van der Waals surface area contributed by atoms with E-state index in [2.05, 4.69) is 271 Å². The van der Waals surface area contributed by atoms with Crippen LogP contribution in [-0.4, -0.2) is 4.57 Å². The van der Waals surface area contributed by atoms with E-state index < -0.39 is 0 Å². The highest BCUT2D eigenvalue weighted by molar-refractivity contribution is 6.11. The van der Waals surface area contributed by atoms with E-state index in [0.717, 1.165) is 22.7 Å². The highest BCUT2D eigenvalue weighted by Crippen LogP contribution is 2.54.